The maximum Gasteiger partial charge on any atom is 0.250 e. The average Bonchev–Trinajstić information content (AvgIpc) is 2.10. The molecule has 0 aromatic carbocycles. The van der Waals surface area contributed by atoms with Gasteiger partial charge in [-0.3, -0.25) is 0 Å². The lowest BCUT2D eigenvalue weighted by Gasteiger charge is -1.85. The molecule has 1 aromatic rings. The van der Waals surface area contributed by atoms with Gasteiger partial charge in [-0.1, -0.05) is 0 Å². The molecule has 1 aromatic heterocycles. The molecule has 2 nitrogen and oxygen atoms in total. The van der Waals surface area contributed by atoms with Gasteiger partial charge in [0, 0.05) is 0 Å². The summed E-state index contributed by atoms with van der Waals surface area (Å²) in [5, 5.41) is 6.70. The lowest BCUT2D eigenvalue weighted by atomic mass is 10.7. The maximum absolute atomic E-state index is 4.26. The first-order valence-corrected chi connectivity index (χ1v) is 3.90. The van der Waals surface area contributed by atoms with E-state index in [1.54, 1.807) is 11.3 Å². The average molecular weight is 223 g/mol. The van der Waals surface area contributed by atoms with Crippen molar-refractivity contribution >= 4 is 11.3 Å². The zero-order valence-corrected chi connectivity index (χ0v) is 8.79. The summed E-state index contributed by atoms with van der Waals surface area (Å²) in [6.45, 7) is 7.21. The van der Waals surface area contributed by atoms with Gasteiger partial charge in [-0.05, 0) is 12.0 Å². The zero-order valence-electron chi connectivity index (χ0n) is 6.39. The summed E-state index contributed by atoms with van der Waals surface area (Å²) >= 11 is 1.75. The van der Waals surface area contributed by atoms with E-state index >= 15 is 0 Å². The Morgan fingerprint density at radius 1 is 1.70 bits per heavy atom. The molecule has 1 heterocycles. The van der Waals surface area contributed by atoms with E-state index in [-0.39, 0.29) is 17.0 Å². The Morgan fingerprint density at radius 3 is 2.50 bits per heavy atom. The van der Waals surface area contributed by atoms with Crippen LogP contribution in [0.4, 0.5) is 0 Å². The van der Waals surface area contributed by atoms with E-state index < -0.39 is 0 Å². The largest absolute Gasteiger partial charge is 1.00 e. The van der Waals surface area contributed by atoms with Gasteiger partial charge in [-0.2, -0.15) is 4.68 Å². The third-order valence-electron chi connectivity index (χ3n) is 1.22. The van der Waals surface area contributed by atoms with E-state index in [0.29, 0.717) is 0 Å². The number of aromatic nitrogens is 2. The fourth-order valence-electron chi connectivity index (χ4n) is 0.821. The fourth-order valence-corrected chi connectivity index (χ4v) is 1.66. The summed E-state index contributed by atoms with van der Waals surface area (Å²) in [4.78, 5) is 0. The molecule has 0 saturated carbocycles. The van der Waals surface area contributed by atoms with Gasteiger partial charge in [0.1, 0.15) is 0 Å². The van der Waals surface area contributed by atoms with Gasteiger partial charge in [0.2, 0.25) is 10.0 Å². The molecule has 0 N–H and O–H groups in total. The molecule has 0 aliphatic heterocycles. The molecule has 1 rings (SSSR count). The highest BCUT2D eigenvalue weighted by atomic mass is 79.9. The summed E-state index contributed by atoms with van der Waals surface area (Å²) in [5.74, 6) is 0. The summed E-state index contributed by atoms with van der Waals surface area (Å²) in [6.07, 6.45) is 0. The first-order chi connectivity index (χ1) is 4.24. The number of hydrogen-bond donors (Lipinski definition) is 0. The van der Waals surface area contributed by atoms with Crippen LogP contribution in [0.2, 0.25) is 0 Å². The minimum atomic E-state index is 0. The Hall–Kier alpha value is 0.0400. The van der Waals surface area contributed by atoms with Crippen molar-refractivity contribution in [2.75, 3.05) is 0 Å². The van der Waals surface area contributed by atoms with E-state index in [9.17, 15) is 0 Å². The maximum atomic E-state index is 4.26. The van der Waals surface area contributed by atoms with Crippen LogP contribution in [0.15, 0.2) is 0 Å². The van der Waals surface area contributed by atoms with E-state index in [0.717, 1.165) is 11.6 Å². The number of aryl methyl sites for hydroxylation is 3. The lowest BCUT2D eigenvalue weighted by Crippen LogP contribution is -3.00. The van der Waals surface area contributed by atoms with Gasteiger partial charge in [0.25, 0.3) is 0 Å². The number of halogens is 1. The van der Waals surface area contributed by atoms with E-state index in [1.165, 1.54) is 5.01 Å². The highest BCUT2D eigenvalue weighted by Crippen LogP contribution is 2.09. The molecule has 0 aliphatic rings. The Balaban J connectivity index is 0.000000810. The Kier molecular flexibility index (Phi) is 4.05. The fraction of sp³-hybridized carbons (Fsp3) is 0.667. The van der Waals surface area contributed by atoms with Gasteiger partial charge in [-0.25, -0.2) is 0 Å². The monoisotopic (exact) mass is 222 g/mol. The van der Waals surface area contributed by atoms with Crippen molar-refractivity contribution in [2.24, 2.45) is 0 Å². The lowest BCUT2D eigenvalue weighted by molar-refractivity contribution is -0.00000211. The molecular formula is C6H11BrN2S. The summed E-state index contributed by atoms with van der Waals surface area (Å²) in [6, 6.07) is 0. The third kappa shape index (κ3) is 2.02. The van der Waals surface area contributed by atoms with E-state index in [4.69, 9.17) is 0 Å². The molecule has 0 saturated heterocycles. The summed E-state index contributed by atoms with van der Waals surface area (Å²) in [7, 11) is 0. The quantitative estimate of drug-likeness (QED) is 0.551. The van der Waals surface area contributed by atoms with E-state index in [1.807, 2.05) is 11.6 Å². The van der Waals surface area contributed by atoms with Crippen molar-refractivity contribution in [3.8, 4) is 0 Å². The van der Waals surface area contributed by atoms with Crippen molar-refractivity contribution in [1.29, 1.82) is 0 Å². The van der Waals surface area contributed by atoms with Crippen LogP contribution < -0.4 is 17.0 Å². The van der Waals surface area contributed by atoms with Crippen LogP contribution in [-0.4, -0.2) is 9.78 Å². The van der Waals surface area contributed by atoms with Crippen molar-refractivity contribution < 1.29 is 17.0 Å². The Labute approximate surface area is 75.7 Å². The molecule has 0 amide bonds. The van der Waals surface area contributed by atoms with Crippen molar-refractivity contribution in [1.82, 2.24) is 9.78 Å². The van der Waals surface area contributed by atoms with Crippen molar-refractivity contribution in [2.45, 2.75) is 27.3 Å². The smallest absolute Gasteiger partial charge is 0.250 e. The van der Waals surface area contributed by atoms with Crippen LogP contribution in [0.5, 0.6) is 0 Å². The zero-order chi connectivity index (χ0) is 6.85. The minimum absolute atomic E-state index is 0. The van der Waals surface area contributed by atoms with Crippen molar-refractivity contribution in [3.63, 3.8) is 0 Å². The van der Waals surface area contributed by atoms with Crippen LogP contribution in [0.3, 0.4) is 0 Å². The molecule has 0 unspecified atom stereocenters. The molecule has 4 heteroatoms. The van der Waals surface area contributed by atoms with Crippen LogP contribution in [-0.2, 0) is 6.54 Å². The number of nitrogens with zero attached hydrogens (tertiary/aromatic N) is 2. The predicted molar refractivity (Wildman–Crippen MR) is 39.7 cm³/mol. The summed E-state index contributed by atoms with van der Waals surface area (Å²) in [5.41, 5.74) is 0. The molecule has 0 bridgehead atoms. The first-order valence-electron chi connectivity index (χ1n) is 3.08. The van der Waals surface area contributed by atoms with Gasteiger partial charge in [0.05, 0.1) is 31.7 Å². The predicted octanol–water partition coefficient (Wildman–Crippen LogP) is -1.13. The molecule has 0 spiro atoms. The molecule has 58 valence electrons. The van der Waals surface area contributed by atoms with Gasteiger partial charge in [0.15, 0.2) is 0 Å². The minimum Gasteiger partial charge on any atom is -1.00 e. The van der Waals surface area contributed by atoms with Gasteiger partial charge < -0.3 is 17.0 Å². The topological polar surface area (TPSA) is 17.8 Å². The van der Waals surface area contributed by atoms with Gasteiger partial charge >= 0.3 is 0 Å². The molecule has 0 aliphatic carbocycles. The van der Waals surface area contributed by atoms with Crippen LogP contribution >= 0.6 is 11.3 Å². The normalized spacial score (nSPS) is 9.10. The SMILES string of the molecule is CCn1nc(C)s[c+]1C.[Br-]. The highest BCUT2D eigenvalue weighted by molar-refractivity contribution is 7.11. The standard InChI is InChI=1S/C6H11N2S.BrH/c1-4-8-6(3)9-5(2)7-8;/h4H2,1-3H3;1H/q+1;/p-1. The van der Waals surface area contributed by atoms with Crippen LogP contribution in [0, 0.1) is 13.8 Å². The highest BCUT2D eigenvalue weighted by Gasteiger charge is 2.08. The van der Waals surface area contributed by atoms with Crippen LogP contribution in [0.25, 0.3) is 0 Å². The second-order valence-corrected chi connectivity index (χ2v) is 3.34. The number of rotatable bonds is 1. The third-order valence-corrected chi connectivity index (χ3v) is 2.10. The molecule has 0 fully saturated rings. The second kappa shape index (κ2) is 4.03. The number of hydrogen-bond acceptors (Lipinski definition) is 2. The molecular weight excluding hydrogens is 212 g/mol. The molecule has 0 radical (unpaired) electrons. The van der Waals surface area contributed by atoms with Crippen LogP contribution in [0.1, 0.15) is 16.9 Å². The molecule has 0 atom stereocenters. The first kappa shape index (κ1) is 10.0. The Bertz CT molecular complexity index is 210. The van der Waals surface area contributed by atoms with E-state index in [2.05, 4.69) is 18.9 Å². The van der Waals surface area contributed by atoms with Gasteiger partial charge in [-0.15, -0.1) is 0 Å². The Morgan fingerprint density at radius 2 is 2.30 bits per heavy atom. The molecule has 10 heavy (non-hydrogen) atoms. The van der Waals surface area contributed by atoms with Crippen molar-refractivity contribution in [3.05, 3.63) is 10.0 Å². The summed E-state index contributed by atoms with van der Waals surface area (Å²) < 4.78 is 2.01. The second-order valence-electron chi connectivity index (χ2n) is 1.96.